The molecular weight excluding hydrogens is 546 g/mol. The first-order valence-electron chi connectivity index (χ1n) is 12.8. The largest absolute Gasteiger partial charge is 0.507 e. The molecule has 6 N–H and O–H groups in total. The second-order valence-corrected chi connectivity index (χ2v) is 10.4. The lowest BCUT2D eigenvalue weighted by Gasteiger charge is -2.42. The van der Waals surface area contributed by atoms with Crippen molar-refractivity contribution in [3.8, 4) is 17.2 Å². The Balaban J connectivity index is 0.00000370. The SMILES string of the molecule is CCOc1cccc2c1C(=O)c1c(O)c3c(c(O)c1C2=O)C[C@@](O)(C(C)=O)C[C@@H]3OC1CC(N)C(O)C(C)O1.Cl. The Bertz CT molecular complexity index is 1380. The Kier molecular flexibility index (Phi) is 8.03. The van der Waals surface area contributed by atoms with E-state index in [0.29, 0.717) is 0 Å². The summed E-state index contributed by atoms with van der Waals surface area (Å²) in [6, 6.07) is 3.81. The van der Waals surface area contributed by atoms with Crippen LogP contribution in [0.15, 0.2) is 18.2 Å². The lowest BCUT2D eigenvalue weighted by atomic mass is 9.72. The third-order valence-corrected chi connectivity index (χ3v) is 7.88. The molecule has 1 heterocycles. The van der Waals surface area contributed by atoms with Crippen molar-refractivity contribution in [3.05, 3.63) is 51.6 Å². The number of carbonyl (C=O) groups excluding carboxylic acids is 3. The summed E-state index contributed by atoms with van der Waals surface area (Å²) < 4.78 is 17.4. The van der Waals surface area contributed by atoms with Crippen LogP contribution >= 0.6 is 12.4 Å². The number of fused-ring (bicyclic) bond motifs is 3. The number of benzene rings is 2. The van der Waals surface area contributed by atoms with Gasteiger partial charge in [0.2, 0.25) is 5.78 Å². The summed E-state index contributed by atoms with van der Waals surface area (Å²) in [5.41, 5.74) is 3.03. The summed E-state index contributed by atoms with van der Waals surface area (Å²) in [6.45, 7) is 4.74. The Morgan fingerprint density at radius 3 is 2.45 bits per heavy atom. The van der Waals surface area contributed by atoms with Crippen LogP contribution in [-0.2, 0) is 20.7 Å². The van der Waals surface area contributed by atoms with Gasteiger partial charge in [0, 0.05) is 42.0 Å². The highest BCUT2D eigenvalue weighted by Gasteiger charge is 2.49. The Morgan fingerprint density at radius 1 is 1.15 bits per heavy atom. The third-order valence-electron chi connectivity index (χ3n) is 7.88. The molecule has 6 atom stereocenters. The highest BCUT2D eigenvalue weighted by molar-refractivity contribution is 6.31. The molecule has 2 aromatic carbocycles. The van der Waals surface area contributed by atoms with Crippen molar-refractivity contribution in [2.75, 3.05) is 6.61 Å². The second-order valence-electron chi connectivity index (χ2n) is 10.4. The van der Waals surface area contributed by atoms with E-state index in [1.54, 1.807) is 19.9 Å². The smallest absolute Gasteiger partial charge is 0.202 e. The molecule has 5 rings (SSSR count). The molecule has 12 heteroatoms. The average Bonchev–Trinajstić information content (AvgIpc) is 2.87. The number of carbonyl (C=O) groups is 3. The molecule has 11 nitrogen and oxygen atoms in total. The molecule has 1 fully saturated rings. The number of nitrogens with two attached hydrogens (primary N) is 1. The van der Waals surface area contributed by atoms with Gasteiger partial charge in [-0.3, -0.25) is 14.4 Å². The maximum Gasteiger partial charge on any atom is 0.202 e. The summed E-state index contributed by atoms with van der Waals surface area (Å²) in [5, 5.41) is 44.3. The van der Waals surface area contributed by atoms with Gasteiger partial charge < -0.3 is 40.4 Å². The van der Waals surface area contributed by atoms with Crippen LogP contribution in [0.1, 0.15) is 82.7 Å². The topological polar surface area (TPSA) is 186 Å². The van der Waals surface area contributed by atoms with Gasteiger partial charge in [0.15, 0.2) is 17.9 Å². The Labute approximate surface area is 236 Å². The van der Waals surface area contributed by atoms with Crippen molar-refractivity contribution in [1.82, 2.24) is 0 Å². The van der Waals surface area contributed by atoms with Crippen LogP contribution in [0.3, 0.4) is 0 Å². The molecule has 216 valence electrons. The molecule has 2 aromatic rings. The number of ether oxygens (including phenoxy) is 3. The van der Waals surface area contributed by atoms with Gasteiger partial charge in [0.25, 0.3) is 0 Å². The van der Waals surface area contributed by atoms with Gasteiger partial charge in [-0.15, -0.1) is 12.4 Å². The normalized spacial score (nSPS) is 29.1. The molecule has 0 radical (unpaired) electrons. The number of aliphatic hydroxyl groups is 2. The number of ketones is 3. The minimum atomic E-state index is -2.00. The van der Waals surface area contributed by atoms with Crippen LogP contribution in [-0.4, -0.2) is 74.5 Å². The Morgan fingerprint density at radius 2 is 1.82 bits per heavy atom. The first-order chi connectivity index (χ1) is 18.4. The van der Waals surface area contributed by atoms with Gasteiger partial charge >= 0.3 is 0 Å². The molecule has 1 saturated heterocycles. The minimum Gasteiger partial charge on any atom is -0.507 e. The van der Waals surface area contributed by atoms with Crippen molar-refractivity contribution in [1.29, 1.82) is 0 Å². The molecule has 0 amide bonds. The number of aromatic hydroxyl groups is 2. The van der Waals surface area contributed by atoms with E-state index in [2.05, 4.69) is 0 Å². The van der Waals surface area contributed by atoms with Gasteiger partial charge in [-0.25, -0.2) is 0 Å². The summed E-state index contributed by atoms with van der Waals surface area (Å²) in [6.07, 6.45) is -4.53. The van der Waals surface area contributed by atoms with E-state index < -0.39 is 82.6 Å². The highest BCUT2D eigenvalue weighted by Crippen LogP contribution is 2.52. The van der Waals surface area contributed by atoms with Crippen LogP contribution in [0.5, 0.6) is 17.2 Å². The molecule has 0 bridgehead atoms. The molecule has 2 aliphatic carbocycles. The summed E-state index contributed by atoms with van der Waals surface area (Å²) in [7, 11) is 0. The minimum absolute atomic E-state index is 0. The van der Waals surface area contributed by atoms with Gasteiger partial charge in [-0.2, -0.15) is 0 Å². The first kappa shape index (κ1) is 29.9. The Hall–Kier alpha value is -3.06. The maximum atomic E-state index is 13.7. The predicted octanol–water partition coefficient (Wildman–Crippen LogP) is 1.84. The molecule has 0 aromatic heterocycles. The predicted molar refractivity (Wildman–Crippen MR) is 142 cm³/mol. The van der Waals surface area contributed by atoms with Crippen LogP contribution in [0.2, 0.25) is 0 Å². The van der Waals surface area contributed by atoms with Gasteiger partial charge in [0.1, 0.15) is 22.8 Å². The lowest BCUT2D eigenvalue weighted by Crippen LogP contribution is -2.52. The van der Waals surface area contributed by atoms with E-state index in [1.807, 2.05) is 0 Å². The lowest BCUT2D eigenvalue weighted by molar-refractivity contribution is -0.247. The number of hydrogen-bond donors (Lipinski definition) is 5. The van der Waals surface area contributed by atoms with Crippen LogP contribution < -0.4 is 10.5 Å². The number of halogens is 1. The first-order valence-corrected chi connectivity index (χ1v) is 12.8. The van der Waals surface area contributed by atoms with Crippen LogP contribution in [0, 0.1) is 0 Å². The van der Waals surface area contributed by atoms with Crippen LogP contribution in [0.4, 0.5) is 0 Å². The fourth-order valence-corrected chi connectivity index (χ4v) is 5.76. The molecule has 3 aliphatic rings. The van der Waals surface area contributed by atoms with Gasteiger partial charge in [0.05, 0.1) is 41.6 Å². The zero-order valence-corrected chi connectivity index (χ0v) is 23.0. The van der Waals surface area contributed by atoms with Crippen molar-refractivity contribution >= 4 is 29.8 Å². The van der Waals surface area contributed by atoms with Crippen molar-refractivity contribution in [3.63, 3.8) is 0 Å². The zero-order valence-electron chi connectivity index (χ0n) is 22.2. The van der Waals surface area contributed by atoms with Crippen molar-refractivity contribution < 1.29 is 49.0 Å². The second kappa shape index (κ2) is 10.7. The number of hydrogen-bond acceptors (Lipinski definition) is 11. The van der Waals surface area contributed by atoms with Crippen molar-refractivity contribution in [2.45, 2.75) is 76.3 Å². The number of Topliss-reactive ketones (excluding diaryl/α,β-unsaturated/α-hetero) is 1. The number of phenols is 2. The summed E-state index contributed by atoms with van der Waals surface area (Å²) in [4.78, 5) is 39.8. The molecule has 40 heavy (non-hydrogen) atoms. The number of aliphatic hydroxyl groups excluding tert-OH is 1. The van der Waals surface area contributed by atoms with Gasteiger partial charge in [-0.1, -0.05) is 12.1 Å². The molecular formula is C28H32ClNO10. The van der Waals surface area contributed by atoms with E-state index >= 15 is 0 Å². The number of rotatable bonds is 5. The average molecular weight is 578 g/mol. The van der Waals surface area contributed by atoms with E-state index in [0.717, 1.165) is 0 Å². The molecule has 4 unspecified atom stereocenters. The molecule has 0 spiro atoms. The van der Waals surface area contributed by atoms with E-state index in [9.17, 15) is 34.8 Å². The monoisotopic (exact) mass is 577 g/mol. The van der Waals surface area contributed by atoms with Gasteiger partial charge in [-0.05, 0) is 26.8 Å². The summed E-state index contributed by atoms with van der Waals surface area (Å²) >= 11 is 0. The molecule has 1 aliphatic heterocycles. The standard InChI is InChI=1S/C28H31NO10.ClH/c1-4-37-16-7-5-6-13-19(16)26(34)22-21(24(13)32)25(33)14-9-28(36,12(3)30)10-17(20(14)27(22)35)39-18-8-15(29)23(31)11(2)38-18;/h5-7,11,15,17-18,23,31,33,35-36H,4,8-10,29H2,1-3H3;1H/t11?,15?,17-,18?,23?,28-;/m0./s1. The summed E-state index contributed by atoms with van der Waals surface area (Å²) in [5.74, 6) is -3.11. The van der Waals surface area contributed by atoms with E-state index in [1.165, 1.54) is 19.1 Å². The maximum absolute atomic E-state index is 13.7. The number of phenolic OH excluding ortho intramolecular Hbond substituents is 2. The third kappa shape index (κ3) is 4.56. The van der Waals surface area contributed by atoms with Crippen LogP contribution in [0.25, 0.3) is 0 Å². The van der Waals surface area contributed by atoms with E-state index in [-0.39, 0.29) is 59.9 Å². The van der Waals surface area contributed by atoms with Crippen molar-refractivity contribution in [2.24, 2.45) is 5.73 Å². The zero-order chi connectivity index (χ0) is 28.4. The molecule has 0 saturated carbocycles. The fraction of sp³-hybridized carbons (Fsp3) is 0.464. The van der Waals surface area contributed by atoms with E-state index in [4.69, 9.17) is 19.9 Å². The highest BCUT2D eigenvalue weighted by atomic mass is 35.5. The quantitative estimate of drug-likeness (QED) is 0.278. The fourth-order valence-electron chi connectivity index (χ4n) is 5.76.